The minimum atomic E-state index is -4.04. The first-order valence-electron chi connectivity index (χ1n) is 10.2. The Labute approximate surface area is 197 Å². The van der Waals surface area contributed by atoms with E-state index in [2.05, 4.69) is 9.82 Å². The molecule has 0 unspecified atom stereocenters. The highest BCUT2D eigenvalue weighted by molar-refractivity contribution is 7.92. The molecule has 3 aromatic carbocycles. The fraction of sp³-hybridized carbons (Fsp3) is 0.174. The van der Waals surface area contributed by atoms with Gasteiger partial charge in [0, 0.05) is 12.1 Å². The van der Waals surface area contributed by atoms with E-state index in [9.17, 15) is 21.2 Å². The number of hydrogen-bond donors (Lipinski definition) is 1. The van der Waals surface area contributed by atoms with Crippen molar-refractivity contribution in [3.8, 4) is 5.75 Å². The lowest BCUT2D eigenvalue weighted by Crippen LogP contribution is -2.27. The van der Waals surface area contributed by atoms with E-state index in [1.54, 1.807) is 36.4 Å². The summed E-state index contributed by atoms with van der Waals surface area (Å²) < 4.78 is 72.0. The summed E-state index contributed by atoms with van der Waals surface area (Å²) in [5, 5.41) is 4.43. The van der Waals surface area contributed by atoms with Crippen LogP contribution in [0.3, 0.4) is 0 Å². The molecule has 1 aliphatic rings. The molecule has 3 aromatic rings. The number of nitrogens with zero attached hydrogens (tertiary/aromatic N) is 2. The van der Waals surface area contributed by atoms with Crippen molar-refractivity contribution in [2.75, 3.05) is 18.1 Å². The summed E-state index contributed by atoms with van der Waals surface area (Å²) in [5.41, 5.74) is 2.10. The molecule has 0 aromatic heterocycles. The quantitative estimate of drug-likeness (QED) is 0.529. The van der Waals surface area contributed by atoms with Crippen molar-refractivity contribution >= 4 is 31.4 Å². The number of ether oxygens (including phenoxy) is 1. The number of anilines is 1. The minimum absolute atomic E-state index is 0.0399. The summed E-state index contributed by atoms with van der Waals surface area (Å²) in [4.78, 5) is 0.0399. The van der Waals surface area contributed by atoms with Gasteiger partial charge in [-0.15, -0.1) is 0 Å². The standard InChI is InChI=1S/C23H22FN3O5S2/c1-32-20-11-13-21(14-12-20)34(30,31)27-23(17-3-7-18(24)8-4-17)15-22(25-27)16-5-9-19(10-6-16)26-33(2,28)29/h3-14,23,26H,15H2,1-2H3/t23-/m1/s1. The summed E-state index contributed by atoms with van der Waals surface area (Å²) in [5.74, 6) is 0.0869. The fourth-order valence-corrected chi connectivity index (χ4v) is 5.62. The number of sulfonamides is 2. The molecule has 0 amide bonds. The lowest BCUT2D eigenvalue weighted by Gasteiger charge is -2.23. The average Bonchev–Trinajstić information content (AvgIpc) is 3.25. The molecule has 1 atom stereocenters. The van der Waals surface area contributed by atoms with E-state index in [1.165, 1.54) is 43.5 Å². The van der Waals surface area contributed by atoms with Gasteiger partial charge >= 0.3 is 0 Å². The van der Waals surface area contributed by atoms with Crippen LogP contribution in [0.15, 0.2) is 82.8 Å². The highest BCUT2D eigenvalue weighted by Gasteiger charge is 2.37. The van der Waals surface area contributed by atoms with Gasteiger partial charge in [0.25, 0.3) is 10.0 Å². The van der Waals surface area contributed by atoms with E-state index in [-0.39, 0.29) is 11.3 Å². The second-order valence-corrected chi connectivity index (χ2v) is 11.3. The van der Waals surface area contributed by atoms with Crippen LogP contribution >= 0.6 is 0 Å². The molecule has 0 aliphatic carbocycles. The maximum Gasteiger partial charge on any atom is 0.279 e. The van der Waals surface area contributed by atoms with Crippen LogP contribution in [0, 0.1) is 5.82 Å². The van der Waals surface area contributed by atoms with Crippen LogP contribution in [-0.2, 0) is 20.0 Å². The van der Waals surface area contributed by atoms with E-state index >= 15 is 0 Å². The molecule has 0 radical (unpaired) electrons. The Balaban J connectivity index is 1.72. The van der Waals surface area contributed by atoms with Gasteiger partial charge in [-0.25, -0.2) is 12.8 Å². The van der Waals surface area contributed by atoms with E-state index in [4.69, 9.17) is 4.74 Å². The van der Waals surface area contributed by atoms with Gasteiger partial charge in [0.1, 0.15) is 11.6 Å². The first-order valence-corrected chi connectivity index (χ1v) is 13.5. The molecule has 178 valence electrons. The maximum absolute atomic E-state index is 13.5. The van der Waals surface area contributed by atoms with Crippen molar-refractivity contribution in [1.29, 1.82) is 0 Å². The number of rotatable bonds is 7. The van der Waals surface area contributed by atoms with E-state index in [0.29, 0.717) is 28.3 Å². The third kappa shape index (κ3) is 5.05. The molecule has 0 bridgehead atoms. The molecule has 0 spiro atoms. The van der Waals surface area contributed by atoms with Gasteiger partial charge in [-0.05, 0) is 59.7 Å². The Bertz CT molecular complexity index is 1420. The van der Waals surface area contributed by atoms with Gasteiger partial charge < -0.3 is 4.74 Å². The number of benzene rings is 3. The van der Waals surface area contributed by atoms with E-state index < -0.39 is 31.9 Å². The molecule has 0 fully saturated rings. The number of halogens is 1. The molecule has 1 N–H and O–H groups in total. The van der Waals surface area contributed by atoms with Crippen LogP contribution in [0.2, 0.25) is 0 Å². The lowest BCUT2D eigenvalue weighted by atomic mass is 9.99. The lowest BCUT2D eigenvalue weighted by molar-refractivity contribution is 0.371. The minimum Gasteiger partial charge on any atom is -0.497 e. The van der Waals surface area contributed by atoms with Gasteiger partial charge in [0.15, 0.2) is 0 Å². The SMILES string of the molecule is COc1ccc(S(=O)(=O)N2N=C(c3ccc(NS(C)(=O)=O)cc3)C[C@@H]2c2ccc(F)cc2)cc1. The fourth-order valence-electron chi connectivity index (χ4n) is 3.62. The largest absolute Gasteiger partial charge is 0.497 e. The number of methoxy groups -OCH3 is 1. The van der Waals surface area contributed by atoms with Crippen molar-refractivity contribution in [3.63, 3.8) is 0 Å². The molecule has 1 aliphatic heterocycles. The van der Waals surface area contributed by atoms with Crippen LogP contribution in [0.4, 0.5) is 10.1 Å². The van der Waals surface area contributed by atoms with Gasteiger partial charge in [-0.1, -0.05) is 24.3 Å². The summed E-state index contributed by atoms with van der Waals surface area (Å²) in [6.45, 7) is 0. The predicted octanol–water partition coefficient (Wildman–Crippen LogP) is 3.75. The van der Waals surface area contributed by atoms with Crippen molar-refractivity contribution in [1.82, 2.24) is 4.41 Å². The second kappa shape index (κ2) is 9.07. The van der Waals surface area contributed by atoms with Crippen LogP contribution in [-0.4, -0.2) is 40.3 Å². The van der Waals surface area contributed by atoms with Gasteiger partial charge in [0.2, 0.25) is 10.0 Å². The van der Waals surface area contributed by atoms with Gasteiger partial charge in [-0.2, -0.15) is 17.9 Å². The van der Waals surface area contributed by atoms with Gasteiger partial charge in [0.05, 0.1) is 30.0 Å². The predicted molar refractivity (Wildman–Crippen MR) is 127 cm³/mol. The van der Waals surface area contributed by atoms with Crippen molar-refractivity contribution in [2.24, 2.45) is 5.10 Å². The molecular weight excluding hydrogens is 481 g/mol. The van der Waals surface area contributed by atoms with E-state index in [0.717, 1.165) is 10.7 Å². The molecule has 0 saturated carbocycles. The summed E-state index contributed by atoms with van der Waals surface area (Å²) in [6, 6.07) is 17.4. The average molecular weight is 504 g/mol. The maximum atomic E-state index is 13.5. The Morgan fingerprint density at radius 2 is 1.56 bits per heavy atom. The first kappa shape index (κ1) is 23.7. The smallest absolute Gasteiger partial charge is 0.279 e. The number of hydrazone groups is 1. The third-order valence-corrected chi connectivity index (χ3v) is 7.56. The Hall–Kier alpha value is -3.44. The third-order valence-electron chi connectivity index (χ3n) is 5.25. The normalized spacial score (nSPS) is 16.3. The highest BCUT2D eigenvalue weighted by atomic mass is 32.2. The molecule has 1 heterocycles. The zero-order valence-electron chi connectivity index (χ0n) is 18.3. The number of nitrogens with one attached hydrogen (secondary N) is 1. The van der Waals surface area contributed by atoms with Crippen molar-refractivity contribution < 1.29 is 26.0 Å². The highest BCUT2D eigenvalue weighted by Crippen LogP contribution is 2.37. The van der Waals surface area contributed by atoms with Crippen molar-refractivity contribution in [3.05, 3.63) is 89.7 Å². The Morgan fingerprint density at radius 3 is 2.12 bits per heavy atom. The molecule has 34 heavy (non-hydrogen) atoms. The summed E-state index contributed by atoms with van der Waals surface area (Å²) in [6.07, 6.45) is 1.30. The Kier molecular flexibility index (Phi) is 6.32. The summed E-state index contributed by atoms with van der Waals surface area (Å²) >= 11 is 0. The van der Waals surface area contributed by atoms with Crippen LogP contribution in [0.1, 0.15) is 23.6 Å². The van der Waals surface area contributed by atoms with Crippen LogP contribution in [0.25, 0.3) is 0 Å². The second-order valence-electron chi connectivity index (χ2n) is 7.72. The van der Waals surface area contributed by atoms with Crippen LogP contribution < -0.4 is 9.46 Å². The van der Waals surface area contributed by atoms with Gasteiger partial charge in [-0.3, -0.25) is 4.72 Å². The molecular formula is C23H22FN3O5S2. The summed E-state index contributed by atoms with van der Waals surface area (Å²) in [7, 11) is -5.98. The van der Waals surface area contributed by atoms with E-state index in [1.807, 2.05) is 0 Å². The zero-order chi connectivity index (χ0) is 24.5. The molecule has 8 nitrogen and oxygen atoms in total. The number of hydrogen-bond acceptors (Lipinski definition) is 6. The Morgan fingerprint density at radius 1 is 0.941 bits per heavy atom. The molecule has 0 saturated heterocycles. The zero-order valence-corrected chi connectivity index (χ0v) is 20.0. The monoisotopic (exact) mass is 503 g/mol. The first-order chi connectivity index (χ1) is 16.1. The van der Waals surface area contributed by atoms with Crippen LogP contribution in [0.5, 0.6) is 5.75 Å². The molecule has 11 heteroatoms. The molecule has 4 rings (SSSR count). The topological polar surface area (TPSA) is 105 Å². The van der Waals surface area contributed by atoms with Crippen molar-refractivity contribution in [2.45, 2.75) is 17.4 Å².